The van der Waals surface area contributed by atoms with E-state index in [1.54, 1.807) is 23.3 Å². The lowest BCUT2D eigenvalue weighted by Gasteiger charge is -2.23. The van der Waals surface area contributed by atoms with Crippen LogP contribution in [-0.4, -0.2) is 35.1 Å². The molecule has 0 atom stereocenters. The van der Waals surface area contributed by atoms with Crippen LogP contribution in [0.5, 0.6) is 0 Å². The van der Waals surface area contributed by atoms with Gasteiger partial charge >= 0.3 is 0 Å². The molecule has 26 heavy (non-hydrogen) atoms. The van der Waals surface area contributed by atoms with Crippen molar-refractivity contribution in [2.24, 2.45) is 5.73 Å². The van der Waals surface area contributed by atoms with E-state index in [9.17, 15) is 14.9 Å². The monoisotopic (exact) mass is 395 g/mol. The van der Waals surface area contributed by atoms with Gasteiger partial charge in [0, 0.05) is 24.7 Å². The van der Waals surface area contributed by atoms with Gasteiger partial charge in [-0.15, -0.1) is 24.2 Å². The Morgan fingerprint density at radius 2 is 1.92 bits per heavy atom. The first kappa shape index (κ1) is 22.0. The lowest BCUT2D eigenvalue weighted by atomic mass is 10.1. The summed E-state index contributed by atoms with van der Waals surface area (Å²) < 4.78 is 0. The molecule has 0 aromatic heterocycles. The van der Waals surface area contributed by atoms with E-state index in [0.717, 1.165) is 5.56 Å². The fourth-order valence-corrected chi connectivity index (χ4v) is 3.03. The van der Waals surface area contributed by atoms with Crippen LogP contribution >= 0.6 is 24.2 Å². The molecule has 0 aliphatic heterocycles. The Kier molecular flexibility index (Phi) is 9.12. The minimum atomic E-state index is -0.454. The van der Waals surface area contributed by atoms with Crippen LogP contribution in [0.25, 0.3) is 0 Å². The zero-order valence-electron chi connectivity index (χ0n) is 14.5. The van der Waals surface area contributed by atoms with E-state index < -0.39 is 4.92 Å². The van der Waals surface area contributed by atoms with Crippen molar-refractivity contribution >= 4 is 35.8 Å². The lowest BCUT2D eigenvalue weighted by molar-refractivity contribution is -0.387. The highest BCUT2D eigenvalue weighted by Gasteiger charge is 2.21. The van der Waals surface area contributed by atoms with Crippen LogP contribution in [0, 0.1) is 10.1 Å². The minimum Gasteiger partial charge on any atom is -0.334 e. The summed E-state index contributed by atoms with van der Waals surface area (Å²) in [5.74, 6) is -0.229. The quantitative estimate of drug-likeness (QED) is 0.418. The van der Waals surface area contributed by atoms with Gasteiger partial charge in [-0.25, -0.2) is 0 Å². The first-order valence-corrected chi connectivity index (χ1v) is 9.15. The SMILES string of the molecule is CSc1ccc(C(=O)N(CCCN)Cc2ccccc2)cc1[N+](=O)[O-].Cl. The third kappa shape index (κ3) is 5.72. The van der Waals surface area contributed by atoms with Gasteiger partial charge in [0.1, 0.15) is 0 Å². The number of amides is 1. The van der Waals surface area contributed by atoms with E-state index >= 15 is 0 Å². The average molecular weight is 396 g/mol. The van der Waals surface area contributed by atoms with Crippen molar-refractivity contribution in [3.8, 4) is 0 Å². The first-order valence-electron chi connectivity index (χ1n) is 7.92. The maximum atomic E-state index is 12.9. The van der Waals surface area contributed by atoms with Gasteiger partial charge < -0.3 is 10.6 Å². The van der Waals surface area contributed by atoms with E-state index in [1.807, 2.05) is 30.3 Å². The first-order chi connectivity index (χ1) is 12.1. The number of halogens is 1. The lowest BCUT2D eigenvalue weighted by Crippen LogP contribution is -2.32. The van der Waals surface area contributed by atoms with Crippen molar-refractivity contribution in [2.75, 3.05) is 19.3 Å². The van der Waals surface area contributed by atoms with Crippen molar-refractivity contribution in [1.82, 2.24) is 4.90 Å². The number of thioether (sulfide) groups is 1. The molecule has 0 aliphatic carbocycles. The number of carbonyl (C=O) groups is 1. The van der Waals surface area contributed by atoms with Crippen LogP contribution in [0.2, 0.25) is 0 Å². The fraction of sp³-hybridized carbons (Fsp3) is 0.278. The van der Waals surface area contributed by atoms with Gasteiger partial charge in [-0.2, -0.15) is 0 Å². The predicted octanol–water partition coefficient (Wildman–Crippen LogP) is 3.73. The number of rotatable bonds is 8. The van der Waals surface area contributed by atoms with E-state index in [0.29, 0.717) is 36.5 Å². The minimum absolute atomic E-state index is 0. The Balaban J connectivity index is 0.00000338. The molecule has 2 N–H and O–H groups in total. The Bertz CT molecular complexity index is 744. The molecule has 0 unspecified atom stereocenters. The molecule has 0 aliphatic rings. The summed E-state index contributed by atoms with van der Waals surface area (Å²) in [5.41, 5.74) is 6.86. The summed E-state index contributed by atoms with van der Waals surface area (Å²) in [6, 6.07) is 14.3. The van der Waals surface area contributed by atoms with E-state index in [4.69, 9.17) is 5.73 Å². The van der Waals surface area contributed by atoms with Crippen molar-refractivity contribution in [3.63, 3.8) is 0 Å². The van der Waals surface area contributed by atoms with Gasteiger partial charge in [-0.1, -0.05) is 30.3 Å². The van der Waals surface area contributed by atoms with Crippen molar-refractivity contribution in [2.45, 2.75) is 17.9 Å². The van der Waals surface area contributed by atoms with Gasteiger partial charge in [0.25, 0.3) is 11.6 Å². The van der Waals surface area contributed by atoms with E-state index in [-0.39, 0.29) is 24.0 Å². The normalized spacial score (nSPS) is 10.1. The number of benzene rings is 2. The number of hydrogen-bond acceptors (Lipinski definition) is 5. The molecule has 6 nitrogen and oxygen atoms in total. The third-order valence-corrected chi connectivity index (χ3v) is 4.54. The maximum Gasteiger partial charge on any atom is 0.283 e. The van der Waals surface area contributed by atoms with Crippen LogP contribution in [0.4, 0.5) is 5.69 Å². The molecule has 0 spiro atoms. The summed E-state index contributed by atoms with van der Waals surface area (Å²) in [4.78, 5) is 25.9. The molecule has 8 heteroatoms. The molecule has 0 fully saturated rings. The second-order valence-corrected chi connectivity index (χ2v) is 6.35. The van der Waals surface area contributed by atoms with Crippen molar-refractivity contribution < 1.29 is 9.72 Å². The molecular formula is C18H22ClN3O3S. The number of nitrogens with zero attached hydrogens (tertiary/aromatic N) is 2. The van der Waals surface area contributed by atoms with Gasteiger partial charge in [0.2, 0.25) is 0 Å². The van der Waals surface area contributed by atoms with Crippen molar-refractivity contribution in [3.05, 3.63) is 69.8 Å². The summed E-state index contributed by atoms with van der Waals surface area (Å²) in [6.45, 7) is 1.42. The van der Waals surface area contributed by atoms with Gasteiger partial charge in [-0.3, -0.25) is 14.9 Å². The molecule has 2 aromatic carbocycles. The summed E-state index contributed by atoms with van der Waals surface area (Å²) in [7, 11) is 0. The number of carbonyl (C=O) groups excluding carboxylic acids is 1. The topological polar surface area (TPSA) is 89.5 Å². The second-order valence-electron chi connectivity index (χ2n) is 5.50. The molecule has 1 amide bonds. The molecule has 0 saturated carbocycles. The second kappa shape index (κ2) is 10.8. The molecule has 2 aromatic rings. The summed E-state index contributed by atoms with van der Waals surface area (Å²) in [5, 5.41) is 11.2. The highest BCUT2D eigenvalue weighted by molar-refractivity contribution is 7.98. The van der Waals surface area contributed by atoms with Gasteiger partial charge in [0.05, 0.1) is 9.82 Å². The van der Waals surface area contributed by atoms with Crippen molar-refractivity contribution in [1.29, 1.82) is 0 Å². The Morgan fingerprint density at radius 3 is 2.50 bits per heavy atom. The number of nitro benzene ring substituents is 1. The largest absolute Gasteiger partial charge is 0.334 e. The van der Waals surface area contributed by atoms with Gasteiger partial charge in [-0.05, 0) is 36.9 Å². The van der Waals surface area contributed by atoms with Crippen LogP contribution < -0.4 is 5.73 Å². The Hall–Kier alpha value is -2.09. The predicted molar refractivity (Wildman–Crippen MR) is 107 cm³/mol. The highest BCUT2D eigenvalue weighted by atomic mass is 35.5. The number of hydrogen-bond donors (Lipinski definition) is 1. The third-order valence-electron chi connectivity index (χ3n) is 3.76. The molecule has 140 valence electrons. The van der Waals surface area contributed by atoms with Crippen LogP contribution in [0.15, 0.2) is 53.4 Å². The zero-order chi connectivity index (χ0) is 18.2. The molecule has 0 heterocycles. The molecule has 2 rings (SSSR count). The summed E-state index contributed by atoms with van der Waals surface area (Å²) >= 11 is 1.29. The zero-order valence-corrected chi connectivity index (χ0v) is 16.1. The molecule has 0 bridgehead atoms. The number of nitrogens with two attached hydrogens (primary N) is 1. The van der Waals surface area contributed by atoms with E-state index in [2.05, 4.69) is 0 Å². The Morgan fingerprint density at radius 1 is 1.23 bits per heavy atom. The highest BCUT2D eigenvalue weighted by Crippen LogP contribution is 2.28. The smallest absolute Gasteiger partial charge is 0.283 e. The van der Waals surface area contributed by atoms with Crippen LogP contribution in [0.1, 0.15) is 22.3 Å². The standard InChI is InChI=1S/C18H21N3O3S.ClH/c1-25-17-9-8-15(12-16(17)21(23)24)18(22)20(11-5-10-19)13-14-6-3-2-4-7-14;/h2-4,6-9,12H,5,10-11,13,19H2,1H3;1H. The van der Waals surface area contributed by atoms with E-state index in [1.165, 1.54) is 17.8 Å². The number of nitro groups is 1. The van der Waals surface area contributed by atoms with Crippen LogP contribution in [-0.2, 0) is 6.54 Å². The Labute approximate surface area is 163 Å². The fourth-order valence-electron chi connectivity index (χ4n) is 2.49. The molecular weight excluding hydrogens is 374 g/mol. The van der Waals surface area contributed by atoms with Crippen LogP contribution in [0.3, 0.4) is 0 Å². The molecule has 0 radical (unpaired) electrons. The molecule has 0 saturated heterocycles. The summed E-state index contributed by atoms with van der Waals surface area (Å²) in [6.07, 6.45) is 2.44. The maximum absolute atomic E-state index is 12.9. The average Bonchev–Trinajstić information content (AvgIpc) is 2.64. The van der Waals surface area contributed by atoms with Gasteiger partial charge in [0.15, 0.2) is 0 Å².